The molecule has 4 N–H and O–H groups in total. The van der Waals surface area contributed by atoms with Crippen LogP contribution in [0.25, 0.3) is 6.08 Å². The van der Waals surface area contributed by atoms with Gasteiger partial charge >= 0.3 is 5.97 Å². The Morgan fingerprint density at radius 2 is 2.29 bits per heavy atom. The quantitative estimate of drug-likeness (QED) is 0.438. The van der Waals surface area contributed by atoms with Gasteiger partial charge < -0.3 is 10.5 Å². The number of hydrogen-bond donors (Lipinski definition) is 3. The van der Waals surface area contributed by atoms with Crippen molar-refractivity contribution >= 4 is 33.7 Å². The number of carbonyl (C=O) groups is 1. The molecule has 5 heteroatoms. The number of carboxylic acid groups (broad SMARTS) is 1. The summed E-state index contributed by atoms with van der Waals surface area (Å²) < 4.78 is 0.785. The van der Waals surface area contributed by atoms with E-state index in [0.29, 0.717) is 0 Å². The fraction of sp³-hybridized carbons (Fsp3) is 0. The van der Waals surface area contributed by atoms with Gasteiger partial charge in [-0.05, 0) is 39.7 Å². The summed E-state index contributed by atoms with van der Waals surface area (Å²) in [6.07, 6.45) is 2.59. The number of nitrogen functional groups attached to an aromatic ring is 1. The van der Waals surface area contributed by atoms with Crippen molar-refractivity contribution in [3.8, 4) is 0 Å². The van der Waals surface area contributed by atoms with E-state index in [1.165, 1.54) is 6.08 Å². The average molecular weight is 257 g/mol. The van der Waals surface area contributed by atoms with E-state index in [2.05, 4.69) is 21.4 Å². The molecule has 1 rings (SSSR count). The SMILES string of the molecule is NNc1ccc(/C=C/C(=O)O)cc1Br. The van der Waals surface area contributed by atoms with Gasteiger partial charge in [0.15, 0.2) is 0 Å². The van der Waals surface area contributed by atoms with Gasteiger partial charge in [-0.3, -0.25) is 5.84 Å². The fourth-order valence-electron chi connectivity index (χ4n) is 0.920. The lowest BCUT2D eigenvalue weighted by Crippen LogP contribution is -2.07. The van der Waals surface area contributed by atoms with Crippen LogP contribution < -0.4 is 11.3 Å². The number of aliphatic carboxylic acids is 1. The first kappa shape index (κ1) is 10.7. The van der Waals surface area contributed by atoms with Gasteiger partial charge in [0.1, 0.15) is 0 Å². The monoisotopic (exact) mass is 256 g/mol. The molecule has 1 aromatic rings. The van der Waals surface area contributed by atoms with Crippen LogP contribution in [-0.4, -0.2) is 11.1 Å². The fourth-order valence-corrected chi connectivity index (χ4v) is 1.43. The minimum atomic E-state index is -0.970. The molecule has 0 bridgehead atoms. The highest BCUT2D eigenvalue weighted by atomic mass is 79.9. The lowest BCUT2D eigenvalue weighted by Gasteiger charge is -2.03. The Morgan fingerprint density at radius 1 is 1.57 bits per heavy atom. The van der Waals surface area contributed by atoms with Crippen LogP contribution >= 0.6 is 15.9 Å². The van der Waals surface area contributed by atoms with Gasteiger partial charge in [0, 0.05) is 10.5 Å². The third-order valence-corrected chi connectivity index (χ3v) is 2.22. The molecule has 0 saturated carbocycles. The summed E-state index contributed by atoms with van der Waals surface area (Å²) in [5, 5.41) is 8.41. The maximum atomic E-state index is 10.2. The number of benzene rings is 1. The molecular formula is C9H9BrN2O2. The van der Waals surface area contributed by atoms with E-state index in [0.717, 1.165) is 21.8 Å². The molecule has 0 aliphatic heterocycles. The Balaban J connectivity index is 2.91. The summed E-state index contributed by atoms with van der Waals surface area (Å²) in [5.41, 5.74) is 4.04. The first-order valence-corrected chi connectivity index (χ1v) is 4.60. The number of anilines is 1. The van der Waals surface area contributed by atoms with Crippen LogP contribution in [-0.2, 0) is 4.79 Å². The Hall–Kier alpha value is -1.33. The highest BCUT2D eigenvalue weighted by molar-refractivity contribution is 9.10. The first-order chi connectivity index (χ1) is 6.63. The number of nitrogens with one attached hydrogen (secondary N) is 1. The van der Waals surface area contributed by atoms with Crippen LogP contribution in [0.3, 0.4) is 0 Å². The molecule has 0 saturated heterocycles. The second kappa shape index (κ2) is 4.78. The van der Waals surface area contributed by atoms with Crippen LogP contribution in [0.15, 0.2) is 28.7 Å². The molecule has 0 unspecified atom stereocenters. The zero-order chi connectivity index (χ0) is 10.6. The third-order valence-electron chi connectivity index (χ3n) is 1.57. The summed E-state index contributed by atoms with van der Waals surface area (Å²) in [6, 6.07) is 5.29. The average Bonchev–Trinajstić information content (AvgIpc) is 2.15. The van der Waals surface area contributed by atoms with Crippen LogP contribution in [0, 0.1) is 0 Å². The summed E-state index contributed by atoms with van der Waals surface area (Å²) >= 11 is 3.29. The predicted octanol–water partition coefficient (Wildman–Crippen LogP) is 1.83. The van der Waals surface area contributed by atoms with Crippen molar-refractivity contribution in [2.75, 3.05) is 5.43 Å². The summed E-state index contributed by atoms with van der Waals surface area (Å²) in [6.45, 7) is 0. The smallest absolute Gasteiger partial charge is 0.328 e. The molecule has 0 aromatic heterocycles. The largest absolute Gasteiger partial charge is 0.478 e. The topological polar surface area (TPSA) is 75.3 Å². The molecule has 0 amide bonds. The van der Waals surface area contributed by atoms with E-state index in [9.17, 15) is 4.79 Å². The van der Waals surface area contributed by atoms with Crippen molar-refractivity contribution in [2.24, 2.45) is 5.84 Å². The number of hydrogen-bond acceptors (Lipinski definition) is 3. The number of carboxylic acids is 1. The van der Waals surface area contributed by atoms with Crippen LogP contribution in [0.1, 0.15) is 5.56 Å². The van der Waals surface area contributed by atoms with Gasteiger partial charge in [-0.25, -0.2) is 4.79 Å². The molecule has 0 aliphatic carbocycles. The van der Waals surface area contributed by atoms with E-state index >= 15 is 0 Å². The van der Waals surface area contributed by atoms with Crippen molar-refractivity contribution in [1.29, 1.82) is 0 Å². The molecule has 0 atom stereocenters. The number of rotatable bonds is 3. The minimum absolute atomic E-state index is 0.748. The second-order valence-corrected chi connectivity index (χ2v) is 3.41. The Kier molecular flexibility index (Phi) is 3.67. The number of halogens is 1. The third kappa shape index (κ3) is 2.86. The van der Waals surface area contributed by atoms with E-state index in [4.69, 9.17) is 10.9 Å². The number of nitrogens with two attached hydrogens (primary N) is 1. The maximum absolute atomic E-state index is 10.2. The molecule has 0 radical (unpaired) electrons. The minimum Gasteiger partial charge on any atom is -0.478 e. The lowest BCUT2D eigenvalue weighted by atomic mass is 10.2. The Bertz CT molecular complexity index is 377. The van der Waals surface area contributed by atoms with Crippen molar-refractivity contribution < 1.29 is 9.90 Å². The molecule has 14 heavy (non-hydrogen) atoms. The van der Waals surface area contributed by atoms with E-state index in [1.54, 1.807) is 18.2 Å². The highest BCUT2D eigenvalue weighted by Gasteiger charge is 1.97. The second-order valence-electron chi connectivity index (χ2n) is 2.56. The molecule has 0 spiro atoms. The number of hydrazine groups is 1. The van der Waals surface area contributed by atoms with Crippen molar-refractivity contribution in [2.45, 2.75) is 0 Å². The molecular weight excluding hydrogens is 248 g/mol. The Morgan fingerprint density at radius 3 is 2.79 bits per heavy atom. The van der Waals surface area contributed by atoms with Gasteiger partial charge in [-0.2, -0.15) is 0 Å². The van der Waals surface area contributed by atoms with Gasteiger partial charge in [0.05, 0.1) is 5.69 Å². The molecule has 0 heterocycles. The van der Waals surface area contributed by atoms with Gasteiger partial charge in [-0.15, -0.1) is 0 Å². The van der Waals surface area contributed by atoms with E-state index in [-0.39, 0.29) is 0 Å². The molecule has 1 aromatic carbocycles. The van der Waals surface area contributed by atoms with Crippen molar-refractivity contribution in [1.82, 2.24) is 0 Å². The standard InChI is InChI=1S/C9H9BrN2O2/c10-7-5-6(2-4-9(13)14)1-3-8(7)12-11/h1-5,12H,11H2,(H,13,14)/b4-2+. The summed E-state index contributed by atoms with van der Waals surface area (Å²) in [7, 11) is 0. The molecule has 74 valence electrons. The van der Waals surface area contributed by atoms with Gasteiger partial charge in [0.2, 0.25) is 0 Å². The van der Waals surface area contributed by atoms with E-state index < -0.39 is 5.97 Å². The highest BCUT2D eigenvalue weighted by Crippen LogP contribution is 2.23. The normalized spacial score (nSPS) is 10.4. The van der Waals surface area contributed by atoms with Crippen molar-refractivity contribution in [3.63, 3.8) is 0 Å². The first-order valence-electron chi connectivity index (χ1n) is 3.80. The van der Waals surface area contributed by atoms with E-state index in [1.807, 2.05) is 0 Å². The van der Waals surface area contributed by atoms with Crippen molar-refractivity contribution in [3.05, 3.63) is 34.3 Å². The zero-order valence-corrected chi connectivity index (χ0v) is 8.78. The lowest BCUT2D eigenvalue weighted by molar-refractivity contribution is -0.131. The maximum Gasteiger partial charge on any atom is 0.328 e. The van der Waals surface area contributed by atoms with Gasteiger partial charge in [-0.1, -0.05) is 6.07 Å². The molecule has 0 aliphatic rings. The van der Waals surface area contributed by atoms with Gasteiger partial charge in [0.25, 0.3) is 0 Å². The molecule has 4 nitrogen and oxygen atoms in total. The Labute approximate surface area is 89.5 Å². The predicted molar refractivity (Wildman–Crippen MR) is 58.6 cm³/mol. The summed E-state index contributed by atoms with van der Waals surface area (Å²) in [5.74, 6) is 4.26. The van der Waals surface area contributed by atoms with Crippen LogP contribution in [0.4, 0.5) is 5.69 Å². The molecule has 0 fully saturated rings. The van der Waals surface area contributed by atoms with Crippen LogP contribution in [0.5, 0.6) is 0 Å². The zero-order valence-electron chi connectivity index (χ0n) is 7.20. The summed E-state index contributed by atoms with van der Waals surface area (Å²) in [4.78, 5) is 10.2. The van der Waals surface area contributed by atoms with Crippen LogP contribution in [0.2, 0.25) is 0 Å².